The van der Waals surface area contributed by atoms with Gasteiger partial charge in [0.05, 0.1) is 0 Å². The van der Waals surface area contributed by atoms with Gasteiger partial charge in [-0.05, 0) is 0 Å². The van der Waals surface area contributed by atoms with Crippen molar-refractivity contribution in [2.45, 2.75) is 188 Å². The van der Waals surface area contributed by atoms with Crippen LogP contribution in [0, 0.1) is 0 Å². The van der Waals surface area contributed by atoms with E-state index in [0.717, 1.165) is 11.8 Å². The van der Waals surface area contributed by atoms with Crippen LogP contribution in [0.5, 0.6) is 0 Å². The molecule has 0 aliphatic carbocycles. The zero-order valence-corrected chi connectivity index (χ0v) is 25.9. The summed E-state index contributed by atoms with van der Waals surface area (Å²) in [6.07, 6.45) is 31.1. The van der Waals surface area contributed by atoms with Gasteiger partial charge >= 0.3 is 208 Å². The molecule has 0 radical (unpaired) electrons. The first kappa shape index (κ1) is 31.8. The zero-order valence-electron chi connectivity index (χ0n) is 23.1. The molecule has 3 unspecified atom stereocenters. The summed E-state index contributed by atoms with van der Waals surface area (Å²) in [4.78, 5) is 0. The number of rotatable bonds is 24. The van der Waals surface area contributed by atoms with E-state index in [9.17, 15) is 0 Å². The second-order valence-electron chi connectivity index (χ2n) is 10.9. The van der Waals surface area contributed by atoms with Crippen molar-refractivity contribution in [2.75, 3.05) is 0 Å². The summed E-state index contributed by atoms with van der Waals surface area (Å²) in [5, 5.41) is 0. The summed E-state index contributed by atoms with van der Waals surface area (Å²) in [5.74, 6) is 0. The molecular weight excluding hydrogens is 479 g/mol. The first-order valence-electron chi connectivity index (χ1n) is 14.9. The summed E-state index contributed by atoms with van der Waals surface area (Å²) in [5.41, 5.74) is 0. The molecule has 0 saturated carbocycles. The third-order valence-corrected chi connectivity index (χ3v) is 19.9. The van der Waals surface area contributed by atoms with E-state index < -0.39 is 19.8 Å². The molecule has 0 aromatic heterocycles. The van der Waals surface area contributed by atoms with E-state index in [1.807, 2.05) is 0 Å². The van der Waals surface area contributed by atoms with Gasteiger partial charge in [0.25, 0.3) is 0 Å². The molecule has 0 heterocycles. The van der Waals surface area contributed by atoms with Crippen LogP contribution in [-0.4, -0.2) is 19.8 Å². The van der Waals surface area contributed by atoms with Gasteiger partial charge < -0.3 is 0 Å². The Hall–Kier alpha value is 0.799. The average molecular weight is 543 g/mol. The number of unbranched alkanes of at least 4 members (excludes halogenated alkanes) is 15. The molecular formula is C30H63Sn+. The molecule has 0 rings (SSSR count). The fourth-order valence-corrected chi connectivity index (χ4v) is 18.6. The van der Waals surface area contributed by atoms with Gasteiger partial charge in [-0.25, -0.2) is 0 Å². The van der Waals surface area contributed by atoms with Crippen molar-refractivity contribution in [2.24, 2.45) is 0 Å². The van der Waals surface area contributed by atoms with Crippen LogP contribution in [0.3, 0.4) is 0 Å². The predicted octanol–water partition coefficient (Wildman–Crippen LogP) is 11.9. The normalized spacial score (nSPS) is 14.5. The molecule has 0 N–H and O–H groups in total. The Bertz CT molecular complexity index is 287. The van der Waals surface area contributed by atoms with Gasteiger partial charge in [-0.3, -0.25) is 0 Å². The van der Waals surface area contributed by atoms with E-state index in [2.05, 4.69) is 41.5 Å². The maximum atomic E-state index is 2.69. The summed E-state index contributed by atoms with van der Waals surface area (Å²) in [7, 11) is 0. The molecule has 3 atom stereocenters. The molecule has 0 aliphatic heterocycles. The Balaban J connectivity index is 4.46. The van der Waals surface area contributed by atoms with Crippen molar-refractivity contribution >= 4 is 19.8 Å². The molecule has 0 saturated heterocycles. The number of hydrogen-bond acceptors (Lipinski definition) is 0. The SMILES string of the molecule is CCCCCCCC[CH](C)[Sn+]([CH](C)CCCCCCCC)[CH](C)CCCCCCCC. The van der Waals surface area contributed by atoms with Gasteiger partial charge in [-0.15, -0.1) is 0 Å². The topological polar surface area (TPSA) is 0 Å². The van der Waals surface area contributed by atoms with Crippen LogP contribution in [0.15, 0.2) is 0 Å². The first-order chi connectivity index (χ1) is 15.1. The minimum atomic E-state index is -1.40. The van der Waals surface area contributed by atoms with Crippen LogP contribution >= 0.6 is 0 Å². The standard InChI is InChI=1S/3C10H21.Sn/c3*1-3-5-7-9-10-8-6-4-2;/h3*3H,4-10H2,1-2H3;/q;;;+1. The van der Waals surface area contributed by atoms with Crippen molar-refractivity contribution in [1.29, 1.82) is 0 Å². The molecule has 0 amide bonds. The van der Waals surface area contributed by atoms with E-state index in [4.69, 9.17) is 0 Å². The van der Waals surface area contributed by atoms with Crippen molar-refractivity contribution in [1.82, 2.24) is 0 Å². The van der Waals surface area contributed by atoms with Crippen molar-refractivity contribution in [3.8, 4) is 0 Å². The van der Waals surface area contributed by atoms with Crippen LogP contribution in [0.1, 0.15) is 176 Å². The monoisotopic (exact) mass is 543 g/mol. The summed E-state index contributed by atoms with van der Waals surface area (Å²) in [6.45, 7) is 15.1. The van der Waals surface area contributed by atoms with Crippen LogP contribution < -0.4 is 0 Å². The number of hydrogen-bond donors (Lipinski definition) is 0. The van der Waals surface area contributed by atoms with E-state index in [1.54, 1.807) is 19.3 Å². The van der Waals surface area contributed by atoms with Gasteiger partial charge in [0, 0.05) is 0 Å². The summed E-state index contributed by atoms with van der Waals surface area (Å²) >= 11 is -1.40. The molecule has 1 heteroatoms. The van der Waals surface area contributed by atoms with Gasteiger partial charge in [0.2, 0.25) is 0 Å². The van der Waals surface area contributed by atoms with Crippen molar-refractivity contribution in [3.05, 3.63) is 0 Å². The molecule has 0 nitrogen and oxygen atoms in total. The quantitative estimate of drug-likeness (QED) is 0.0841. The Morgan fingerprint density at radius 2 is 0.581 bits per heavy atom. The molecule has 31 heavy (non-hydrogen) atoms. The van der Waals surface area contributed by atoms with Crippen LogP contribution in [0.4, 0.5) is 0 Å². The zero-order chi connectivity index (χ0) is 23.2. The third-order valence-electron chi connectivity index (χ3n) is 7.68. The van der Waals surface area contributed by atoms with Crippen molar-refractivity contribution in [3.63, 3.8) is 0 Å². The summed E-state index contributed by atoms with van der Waals surface area (Å²) in [6, 6.07) is 0. The molecule has 0 aromatic carbocycles. The maximum absolute atomic E-state index is 2.69. The third kappa shape index (κ3) is 18.9. The Kier molecular flexibility index (Phi) is 24.6. The van der Waals surface area contributed by atoms with Crippen molar-refractivity contribution < 1.29 is 0 Å². The summed E-state index contributed by atoms with van der Waals surface area (Å²) < 4.78 is 3.33. The molecule has 0 aliphatic rings. The van der Waals surface area contributed by atoms with E-state index in [1.165, 1.54) is 116 Å². The van der Waals surface area contributed by atoms with Crippen LogP contribution in [0.2, 0.25) is 11.8 Å². The Morgan fingerprint density at radius 3 is 0.839 bits per heavy atom. The molecule has 186 valence electrons. The molecule has 0 aromatic rings. The molecule has 0 bridgehead atoms. The predicted molar refractivity (Wildman–Crippen MR) is 148 cm³/mol. The van der Waals surface area contributed by atoms with Gasteiger partial charge in [-0.1, -0.05) is 0 Å². The minimum absolute atomic E-state index is 1.11. The van der Waals surface area contributed by atoms with Crippen LogP contribution in [0.25, 0.3) is 0 Å². The van der Waals surface area contributed by atoms with Crippen LogP contribution in [-0.2, 0) is 0 Å². The van der Waals surface area contributed by atoms with Gasteiger partial charge in [0.15, 0.2) is 0 Å². The molecule has 0 fully saturated rings. The second kappa shape index (κ2) is 23.9. The fraction of sp³-hybridized carbons (Fsp3) is 1.00. The van der Waals surface area contributed by atoms with E-state index in [-0.39, 0.29) is 0 Å². The first-order valence-corrected chi connectivity index (χ1v) is 19.9. The Morgan fingerprint density at radius 1 is 0.355 bits per heavy atom. The van der Waals surface area contributed by atoms with E-state index >= 15 is 0 Å². The Labute approximate surface area is 207 Å². The fourth-order valence-electron chi connectivity index (χ4n) is 5.65. The average Bonchev–Trinajstić information content (AvgIpc) is 2.75. The van der Waals surface area contributed by atoms with Gasteiger partial charge in [-0.2, -0.15) is 0 Å². The second-order valence-corrected chi connectivity index (χ2v) is 22.2. The van der Waals surface area contributed by atoms with E-state index in [0.29, 0.717) is 0 Å². The molecule has 0 spiro atoms. The van der Waals surface area contributed by atoms with Gasteiger partial charge in [0.1, 0.15) is 0 Å².